The molecule has 2 heterocycles. The number of aromatic nitrogens is 3. The van der Waals surface area contributed by atoms with Crippen LogP contribution in [0.25, 0.3) is 10.2 Å². The van der Waals surface area contributed by atoms with Crippen molar-refractivity contribution in [3.05, 3.63) is 46.9 Å². The van der Waals surface area contributed by atoms with Crippen LogP contribution in [0.3, 0.4) is 0 Å². The minimum atomic E-state index is -0.121. The van der Waals surface area contributed by atoms with Crippen LogP contribution in [0.4, 0.5) is 5.13 Å². The molecule has 0 spiro atoms. The van der Waals surface area contributed by atoms with Gasteiger partial charge in [0, 0.05) is 5.92 Å². The van der Waals surface area contributed by atoms with Crippen LogP contribution in [0.5, 0.6) is 0 Å². The number of para-hydroxylation sites is 1. The molecule has 4 rings (SSSR count). The number of thiazole rings is 1. The first-order valence-electron chi connectivity index (χ1n) is 7.39. The summed E-state index contributed by atoms with van der Waals surface area (Å²) < 4.78 is 1.17. The minimum absolute atomic E-state index is 0.00430. The van der Waals surface area contributed by atoms with Crippen LogP contribution < -0.4 is 5.32 Å². The first-order chi connectivity index (χ1) is 11.3. The fourth-order valence-electron chi connectivity index (χ4n) is 2.85. The molecular weight excluding hydrogens is 328 g/mol. The number of allylic oxidation sites excluding steroid dienone is 2. The minimum Gasteiger partial charge on any atom is -0.300 e. The Morgan fingerprint density at radius 3 is 2.91 bits per heavy atom. The largest absolute Gasteiger partial charge is 0.300 e. The number of rotatable bonds is 3. The van der Waals surface area contributed by atoms with Gasteiger partial charge in [0.2, 0.25) is 11.0 Å². The smallest absolute Gasteiger partial charge is 0.230 e. The van der Waals surface area contributed by atoms with Gasteiger partial charge in [-0.3, -0.25) is 4.79 Å². The number of anilines is 1. The Morgan fingerprint density at radius 2 is 2.09 bits per heavy atom. The summed E-state index contributed by atoms with van der Waals surface area (Å²) in [6.45, 7) is 0. The molecule has 1 aromatic carbocycles. The molecule has 1 amide bonds. The second-order valence-corrected chi connectivity index (χ2v) is 7.30. The Hall–Kier alpha value is -2.12. The zero-order valence-corrected chi connectivity index (χ0v) is 13.8. The van der Waals surface area contributed by atoms with E-state index in [1.165, 1.54) is 16.0 Å². The summed E-state index contributed by atoms with van der Waals surface area (Å²) >= 11 is 3.01. The van der Waals surface area contributed by atoms with Crippen LogP contribution in [-0.2, 0) is 4.79 Å². The fraction of sp³-hybridized carbons (Fsp3) is 0.250. The van der Waals surface area contributed by atoms with E-state index in [9.17, 15) is 4.79 Å². The molecule has 0 bridgehead atoms. The molecule has 1 N–H and O–H groups in total. The van der Waals surface area contributed by atoms with E-state index in [0.29, 0.717) is 5.13 Å². The third-order valence-electron chi connectivity index (χ3n) is 3.99. The fourth-order valence-corrected chi connectivity index (χ4v) is 4.45. The lowest BCUT2D eigenvalue weighted by Gasteiger charge is -2.25. The van der Waals surface area contributed by atoms with Crippen molar-refractivity contribution >= 4 is 43.9 Å². The first-order valence-corrected chi connectivity index (χ1v) is 9.08. The summed E-state index contributed by atoms with van der Waals surface area (Å²) in [5, 5.41) is 12.1. The monoisotopic (exact) mass is 342 g/mol. The zero-order valence-electron chi connectivity index (χ0n) is 12.2. The molecule has 3 aromatic rings. The lowest BCUT2D eigenvalue weighted by atomic mass is 9.83. The maximum absolute atomic E-state index is 12.6. The highest BCUT2D eigenvalue weighted by molar-refractivity contribution is 7.18. The molecule has 0 radical (unpaired) electrons. The van der Waals surface area contributed by atoms with Gasteiger partial charge in [0.1, 0.15) is 5.51 Å². The van der Waals surface area contributed by atoms with Gasteiger partial charge in [-0.25, -0.2) is 4.98 Å². The molecule has 0 unspecified atom stereocenters. The van der Waals surface area contributed by atoms with E-state index < -0.39 is 0 Å². The second-order valence-electron chi connectivity index (χ2n) is 5.41. The van der Waals surface area contributed by atoms with Crippen LogP contribution in [-0.4, -0.2) is 21.1 Å². The molecule has 7 heteroatoms. The summed E-state index contributed by atoms with van der Waals surface area (Å²) in [6, 6.07) is 8.10. The average Bonchev–Trinajstić information content (AvgIpc) is 3.23. The van der Waals surface area contributed by atoms with Crippen LogP contribution in [0.1, 0.15) is 23.8 Å². The lowest BCUT2D eigenvalue weighted by Crippen LogP contribution is -2.29. The summed E-state index contributed by atoms with van der Waals surface area (Å²) in [6.07, 6.45) is 5.79. The summed E-state index contributed by atoms with van der Waals surface area (Å²) in [4.78, 5) is 17.4. The van der Waals surface area contributed by atoms with Crippen molar-refractivity contribution in [1.29, 1.82) is 0 Å². The van der Waals surface area contributed by atoms with Gasteiger partial charge >= 0.3 is 0 Å². The number of benzene rings is 1. The standard InChI is InChI=1S/C16H14N4OS2/c21-14(19-16-20-17-9-22-16)10-5-1-2-6-11(10)15-18-12-7-3-4-8-13(12)23-15/h1-4,7-11H,5-6H2,(H,19,20,21)/t10-,11+/m1/s1. The highest BCUT2D eigenvalue weighted by atomic mass is 32.1. The molecule has 23 heavy (non-hydrogen) atoms. The van der Waals surface area contributed by atoms with E-state index in [4.69, 9.17) is 4.98 Å². The lowest BCUT2D eigenvalue weighted by molar-refractivity contribution is -0.120. The topological polar surface area (TPSA) is 67.8 Å². The van der Waals surface area contributed by atoms with Gasteiger partial charge in [0.15, 0.2) is 0 Å². The van der Waals surface area contributed by atoms with Gasteiger partial charge in [-0.15, -0.1) is 21.5 Å². The predicted molar refractivity (Wildman–Crippen MR) is 92.8 cm³/mol. The van der Waals surface area contributed by atoms with E-state index >= 15 is 0 Å². The molecule has 0 fully saturated rings. The number of hydrogen-bond acceptors (Lipinski definition) is 6. The van der Waals surface area contributed by atoms with Crippen molar-refractivity contribution in [2.24, 2.45) is 5.92 Å². The maximum atomic E-state index is 12.6. The van der Waals surface area contributed by atoms with Crippen LogP contribution >= 0.6 is 22.7 Å². The molecule has 2 aromatic heterocycles. The molecule has 2 atom stereocenters. The zero-order chi connectivity index (χ0) is 15.6. The number of amides is 1. The van der Waals surface area contributed by atoms with Crippen molar-refractivity contribution in [2.75, 3.05) is 5.32 Å². The van der Waals surface area contributed by atoms with E-state index in [0.717, 1.165) is 23.4 Å². The Bertz CT molecular complexity index is 823. The summed E-state index contributed by atoms with van der Waals surface area (Å²) in [5.74, 6) is -0.00913. The number of carbonyl (C=O) groups is 1. The molecule has 0 aliphatic heterocycles. The van der Waals surface area contributed by atoms with Gasteiger partial charge in [-0.05, 0) is 25.0 Å². The van der Waals surface area contributed by atoms with Crippen LogP contribution in [0.15, 0.2) is 41.9 Å². The van der Waals surface area contributed by atoms with Crippen molar-refractivity contribution < 1.29 is 4.79 Å². The molecule has 116 valence electrons. The number of nitrogens with zero attached hydrogens (tertiary/aromatic N) is 3. The molecule has 1 aliphatic rings. The molecule has 0 saturated heterocycles. The third-order valence-corrected chi connectivity index (χ3v) is 5.76. The van der Waals surface area contributed by atoms with Crippen molar-refractivity contribution in [1.82, 2.24) is 15.2 Å². The first kappa shape index (κ1) is 14.5. The average molecular weight is 342 g/mol. The van der Waals surface area contributed by atoms with Gasteiger partial charge in [0.25, 0.3) is 0 Å². The Labute approximate surface area is 141 Å². The van der Waals surface area contributed by atoms with Crippen molar-refractivity contribution in [3.63, 3.8) is 0 Å². The second kappa shape index (κ2) is 6.17. The van der Waals surface area contributed by atoms with E-state index in [1.807, 2.05) is 18.2 Å². The quantitative estimate of drug-likeness (QED) is 0.734. The highest BCUT2D eigenvalue weighted by Gasteiger charge is 2.32. The van der Waals surface area contributed by atoms with Crippen molar-refractivity contribution in [3.8, 4) is 0 Å². The van der Waals surface area contributed by atoms with E-state index in [2.05, 4.69) is 33.7 Å². The predicted octanol–water partition coefficient (Wildman–Crippen LogP) is 3.84. The maximum Gasteiger partial charge on any atom is 0.230 e. The number of nitrogens with one attached hydrogen (secondary N) is 1. The molecule has 5 nitrogen and oxygen atoms in total. The Kier molecular flexibility index (Phi) is 3.88. The van der Waals surface area contributed by atoms with Gasteiger partial charge in [0.05, 0.1) is 21.1 Å². The number of carbonyl (C=O) groups excluding carboxylic acids is 1. The third kappa shape index (κ3) is 2.89. The SMILES string of the molecule is O=C(Nc1nncs1)[C@@H]1CC=CC[C@@H]1c1nc2ccccc2s1. The number of hydrogen-bond donors (Lipinski definition) is 1. The summed E-state index contributed by atoms with van der Waals surface area (Å²) in [5.41, 5.74) is 2.62. The van der Waals surface area contributed by atoms with Crippen LogP contribution in [0, 0.1) is 5.92 Å². The Balaban J connectivity index is 1.62. The van der Waals surface area contributed by atoms with Gasteiger partial charge < -0.3 is 5.32 Å². The molecular formula is C16H14N4OS2. The van der Waals surface area contributed by atoms with Crippen LogP contribution in [0.2, 0.25) is 0 Å². The molecule has 0 saturated carbocycles. The number of fused-ring (bicyclic) bond motifs is 1. The van der Waals surface area contributed by atoms with E-state index in [1.54, 1.807) is 16.8 Å². The highest BCUT2D eigenvalue weighted by Crippen LogP contribution is 2.39. The Morgan fingerprint density at radius 1 is 1.22 bits per heavy atom. The van der Waals surface area contributed by atoms with Gasteiger partial charge in [-0.1, -0.05) is 35.6 Å². The van der Waals surface area contributed by atoms with E-state index in [-0.39, 0.29) is 17.7 Å². The molecule has 1 aliphatic carbocycles. The normalized spacial score (nSPS) is 20.7. The van der Waals surface area contributed by atoms with Crippen molar-refractivity contribution in [2.45, 2.75) is 18.8 Å². The van der Waals surface area contributed by atoms with Gasteiger partial charge in [-0.2, -0.15) is 0 Å². The summed E-state index contributed by atoms with van der Waals surface area (Å²) in [7, 11) is 0.